The van der Waals surface area contributed by atoms with E-state index in [9.17, 15) is 0 Å². The minimum Gasteiger partial charge on any atom is -0.389 e. The van der Waals surface area contributed by atoms with Gasteiger partial charge in [0.1, 0.15) is 4.99 Å². The van der Waals surface area contributed by atoms with Crippen LogP contribution >= 0.6 is 12.2 Å². The van der Waals surface area contributed by atoms with Crippen LogP contribution in [0.15, 0.2) is 24.3 Å². The predicted molar refractivity (Wildman–Crippen MR) is 89.2 cm³/mol. The van der Waals surface area contributed by atoms with Crippen LogP contribution in [-0.2, 0) is 6.42 Å². The van der Waals surface area contributed by atoms with Crippen LogP contribution in [0.4, 0.5) is 11.5 Å². The first-order chi connectivity index (χ1) is 10.1. The molecule has 5 heteroatoms. The molecule has 1 aromatic carbocycles. The highest BCUT2D eigenvalue weighted by Gasteiger charge is 2.24. The lowest BCUT2D eigenvalue weighted by Gasteiger charge is -2.31. The van der Waals surface area contributed by atoms with E-state index in [-0.39, 0.29) is 0 Å². The number of fused-ring (bicyclic) bond motifs is 1. The van der Waals surface area contributed by atoms with Crippen molar-refractivity contribution in [2.24, 2.45) is 5.73 Å². The molecule has 0 saturated carbocycles. The number of aryl methyl sites for hydroxylation is 2. The zero-order chi connectivity index (χ0) is 15.0. The van der Waals surface area contributed by atoms with Crippen LogP contribution in [0.3, 0.4) is 0 Å². The Bertz CT molecular complexity index is 711. The summed E-state index contributed by atoms with van der Waals surface area (Å²) in [6, 6.07) is 8.40. The molecule has 0 saturated heterocycles. The predicted octanol–water partition coefficient (Wildman–Crippen LogP) is 2.81. The fourth-order valence-electron chi connectivity index (χ4n) is 2.83. The van der Waals surface area contributed by atoms with Crippen LogP contribution < -0.4 is 10.6 Å². The normalized spacial score (nSPS) is 13.9. The molecule has 0 atom stereocenters. The summed E-state index contributed by atoms with van der Waals surface area (Å²) in [5.41, 5.74) is 11.2. The smallest absolute Gasteiger partial charge is 0.166 e. The van der Waals surface area contributed by atoms with Crippen molar-refractivity contribution < 1.29 is 0 Å². The Morgan fingerprint density at radius 1 is 1.24 bits per heavy atom. The average Bonchev–Trinajstić information content (AvgIpc) is 2.49. The molecule has 0 bridgehead atoms. The van der Waals surface area contributed by atoms with Crippen LogP contribution in [0.2, 0.25) is 0 Å². The number of benzene rings is 1. The van der Waals surface area contributed by atoms with Gasteiger partial charge in [0, 0.05) is 12.2 Å². The van der Waals surface area contributed by atoms with E-state index in [2.05, 4.69) is 33.3 Å². The second-order valence-electron chi connectivity index (χ2n) is 5.36. The standard InChI is InChI=1S/C16H18N4S/c1-10-11(2)18-19-16(14(10)15(17)21)20-9-5-7-12-6-3-4-8-13(12)20/h3-4,6,8H,5,7,9H2,1-2H3,(H2,17,21). The van der Waals surface area contributed by atoms with E-state index < -0.39 is 0 Å². The first-order valence-corrected chi connectivity index (χ1v) is 7.49. The summed E-state index contributed by atoms with van der Waals surface area (Å²) in [5, 5.41) is 8.65. The Morgan fingerprint density at radius 2 is 2.00 bits per heavy atom. The molecule has 1 aliphatic rings. The molecule has 2 aromatic rings. The summed E-state index contributed by atoms with van der Waals surface area (Å²) < 4.78 is 0. The topological polar surface area (TPSA) is 55.0 Å². The van der Waals surface area contributed by atoms with Gasteiger partial charge in [-0.05, 0) is 43.9 Å². The van der Waals surface area contributed by atoms with Crippen molar-refractivity contribution in [2.45, 2.75) is 26.7 Å². The Balaban J connectivity index is 2.19. The minimum atomic E-state index is 0.378. The molecule has 1 aromatic heterocycles. The van der Waals surface area contributed by atoms with Gasteiger partial charge in [0.15, 0.2) is 5.82 Å². The van der Waals surface area contributed by atoms with E-state index in [0.29, 0.717) is 4.99 Å². The maximum atomic E-state index is 5.95. The van der Waals surface area contributed by atoms with E-state index in [1.54, 1.807) is 0 Å². The largest absolute Gasteiger partial charge is 0.389 e. The van der Waals surface area contributed by atoms with E-state index >= 15 is 0 Å². The van der Waals surface area contributed by atoms with E-state index in [1.807, 2.05) is 19.9 Å². The van der Waals surface area contributed by atoms with Crippen molar-refractivity contribution >= 4 is 28.7 Å². The number of hydrogen-bond acceptors (Lipinski definition) is 4. The number of nitrogens with zero attached hydrogens (tertiary/aromatic N) is 3. The van der Waals surface area contributed by atoms with Gasteiger partial charge in [-0.2, -0.15) is 5.10 Å². The fourth-order valence-corrected chi connectivity index (χ4v) is 3.08. The molecule has 108 valence electrons. The van der Waals surface area contributed by atoms with Gasteiger partial charge in [-0.3, -0.25) is 0 Å². The summed E-state index contributed by atoms with van der Waals surface area (Å²) in [4.78, 5) is 2.57. The van der Waals surface area contributed by atoms with Gasteiger partial charge in [0.2, 0.25) is 0 Å². The molecular formula is C16H18N4S. The number of rotatable bonds is 2. The second kappa shape index (κ2) is 5.41. The Hall–Kier alpha value is -2.01. The molecule has 0 amide bonds. The minimum absolute atomic E-state index is 0.378. The van der Waals surface area contributed by atoms with Gasteiger partial charge >= 0.3 is 0 Å². The van der Waals surface area contributed by atoms with E-state index in [4.69, 9.17) is 18.0 Å². The van der Waals surface area contributed by atoms with Crippen LogP contribution in [0.25, 0.3) is 0 Å². The number of para-hydroxylation sites is 1. The molecule has 0 aliphatic carbocycles. The molecule has 0 radical (unpaired) electrons. The van der Waals surface area contributed by atoms with Gasteiger partial charge < -0.3 is 10.6 Å². The number of thiocarbonyl (C=S) groups is 1. The molecular weight excluding hydrogens is 280 g/mol. The lowest BCUT2D eigenvalue weighted by molar-refractivity contribution is 0.750. The SMILES string of the molecule is Cc1nnc(N2CCCc3ccccc32)c(C(N)=S)c1C. The summed E-state index contributed by atoms with van der Waals surface area (Å²) in [6.45, 7) is 4.83. The Morgan fingerprint density at radius 3 is 2.76 bits per heavy atom. The van der Waals surface area contributed by atoms with Gasteiger partial charge in [-0.15, -0.1) is 5.10 Å². The maximum absolute atomic E-state index is 5.95. The third-order valence-electron chi connectivity index (χ3n) is 4.05. The van der Waals surface area contributed by atoms with E-state index in [1.165, 1.54) is 11.3 Å². The van der Waals surface area contributed by atoms with Gasteiger partial charge in [-0.1, -0.05) is 30.4 Å². The molecule has 1 aliphatic heterocycles. The van der Waals surface area contributed by atoms with Gasteiger partial charge in [0.05, 0.1) is 11.3 Å². The van der Waals surface area contributed by atoms with Crippen LogP contribution in [0, 0.1) is 13.8 Å². The lowest BCUT2D eigenvalue weighted by atomic mass is 10.0. The quantitative estimate of drug-likeness (QED) is 0.864. The number of hydrogen-bond donors (Lipinski definition) is 1. The van der Waals surface area contributed by atoms with Crippen molar-refractivity contribution in [2.75, 3.05) is 11.4 Å². The highest BCUT2D eigenvalue weighted by molar-refractivity contribution is 7.80. The van der Waals surface area contributed by atoms with Gasteiger partial charge in [-0.25, -0.2) is 0 Å². The van der Waals surface area contributed by atoms with Crippen molar-refractivity contribution in [1.29, 1.82) is 0 Å². The maximum Gasteiger partial charge on any atom is 0.166 e. The lowest BCUT2D eigenvalue weighted by Crippen LogP contribution is -2.29. The first kappa shape index (κ1) is 13.9. The van der Waals surface area contributed by atoms with Gasteiger partial charge in [0.25, 0.3) is 0 Å². The molecule has 2 heterocycles. The van der Waals surface area contributed by atoms with Crippen LogP contribution in [0.5, 0.6) is 0 Å². The van der Waals surface area contributed by atoms with Crippen molar-refractivity contribution in [3.63, 3.8) is 0 Å². The summed E-state index contributed by atoms with van der Waals surface area (Å²) in [7, 11) is 0. The third kappa shape index (κ3) is 2.38. The molecule has 21 heavy (non-hydrogen) atoms. The van der Waals surface area contributed by atoms with Crippen LogP contribution in [-0.4, -0.2) is 21.7 Å². The van der Waals surface area contributed by atoms with Crippen molar-refractivity contribution in [3.05, 3.63) is 46.6 Å². The first-order valence-electron chi connectivity index (χ1n) is 7.08. The third-order valence-corrected chi connectivity index (χ3v) is 4.25. The highest BCUT2D eigenvalue weighted by Crippen LogP contribution is 2.34. The highest BCUT2D eigenvalue weighted by atomic mass is 32.1. The number of anilines is 2. The molecule has 0 spiro atoms. The monoisotopic (exact) mass is 298 g/mol. The van der Waals surface area contributed by atoms with Crippen LogP contribution in [0.1, 0.15) is 28.8 Å². The molecule has 3 rings (SSSR count). The molecule has 0 unspecified atom stereocenters. The number of nitrogens with two attached hydrogens (primary N) is 1. The summed E-state index contributed by atoms with van der Waals surface area (Å²) in [5.74, 6) is 0.776. The second-order valence-corrected chi connectivity index (χ2v) is 5.80. The molecule has 2 N–H and O–H groups in total. The zero-order valence-corrected chi connectivity index (χ0v) is 13.1. The number of aromatic nitrogens is 2. The van der Waals surface area contributed by atoms with E-state index in [0.717, 1.165) is 42.0 Å². The summed E-state index contributed by atoms with van der Waals surface area (Å²) in [6.07, 6.45) is 2.18. The molecule has 0 fully saturated rings. The Kier molecular flexibility index (Phi) is 3.59. The van der Waals surface area contributed by atoms with Crippen molar-refractivity contribution in [3.8, 4) is 0 Å². The summed E-state index contributed by atoms with van der Waals surface area (Å²) >= 11 is 5.25. The molecule has 4 nitrogen and oxygen atoms in total. The zero-order valence-electron chi connectivity index (χ0n) is 12.3. The average molecular weight is 298 g/mol. The van der Waals surface area contributed by atoms with Crippen molar-refractivity contribution in [1.82, 2.24) is 10.2 Å². The fraction of sp³-hybridized carbons (Fsp3) is 0.312. The Labute approximate surface area is 130 Å².